The van der Waals surface area contributed by atoms with Crippen LogP contribution in [-0.2, 0) is 23.7 Å². The Hall–Kier alpha value is -0.690. The number of hydrogen-bond donors (Lipinski definition) is 1. The highest BCUT2D eigenvalue weighted by Crippen LogP contribution is 2.40. The lowest BCUT2D eigenvalue weighted by Crippen LogP contribution is -2.58. The fourth-order valence-electron chi connectivity index (χ4n) is 2.43. The van der Waals surface area contributed by atoms with Crippen molar-refractivity contribution < 1.29 is 23.7 Å². The van der Waals surface area contributed by atoms with Gasteiger partial charge in [-0.05, 0) is 31.7 Å². The fourth-order valence-corrected chi connectivity index (χ4v) is 2.43. The summed E-state index contributed by atoms with van der Waals surface area (Å²) in [4.78, 5) is 12.1. The summed E-state index contributed by atoms with van der Waals surface area (Å²) in [6, 6.07) is 0. The molecule has 1 N–H and O–H groups in total. The van der Waals surface area contributed by atoms with E-state index in [0.717, 1.165) is 25.8 Å². The van der Waals surface area contributed by atoms with E-state index < -0.39 is 5.54 Å². The number of hydrogen-bond acceptors (Lipinski definition) is 6. The highest BCUT2D eigenvalue weighted by atomic mass is 16.5. The van der Waals surface area contributed by atoms with E-state index >= 15 is 0 Å². The third kappa shape index (κ3) is 5.90. The number of esters is 1. The fraction of sp³-hybridized carbons (Fsp3) is 0.933. The van der Waals surface area contributed by atoms with Gasteiger partial charge in [0.2, 0.25) is 0 Å². The summed E-state index contributed by atoms with van der Waals surface area (Å²) in [6.07, 6.45) is 2.90. The second-order valence-corrected chi connectivity index (χ2v) is 5.28. The number of ether oxygens (including phenoxy) is 4. The molecule has 0 radical (unpaired) electrons. The minimum Gasteiger partial charge on any atom is -0.468 e. The SMILES string of the molecule is CCNC(COCCCOCCOC)(C(=O)OC)C1CC1. The Morgan fingerprint density at radius 1 is 1.14 bits per heavy atom. The molecule has 0 aromatic heterocycles. The standard InChI is InChI=1S/C15H29NO5/c1-4-16-15(13-6-7-13,14(17)19-3)12-21-9-5-8-20-11-10-18-2/h13,16H,4-12H2,1-3H3. The summed E-state index contributed by atoms with van der Waals surface area (Å²) < 4.78 is 20.9. The van der Waals surface area contributed by atoms with Gasteiger partial charge in [0.15, 0.2) is 0 Å². The van der Waals surface area contributed by atoms with Gasteiger partial charge in [0.1, 0.15) is 5.54 Å². The van der Waals surface area contributed by atoms with Crippen molar-refractivity contribution in [3.8, 4) is 0 Å². The third-order valence-corrected chi connectivity index (χ3v) is 3.66. The lowest BCUT2D eigenvalue weighted by Gasteiger charge is -2.31. The Kier molecular flexibility index (Phi) is 8.84. The Labute approximate surface area is 127 Å². The number of nitrogens with one attached hydrogen (secondary N) is 1. The largest absolute Gasteiger partial charge is 0.468 e. The normalized spacial score (nSPS) is 17.5. The number of likely N-dealkylation sites (N-methyl/N-ethyl adjacent to an activating group) is 1. The number of carbonyl (C=O) groups is 1. The Balaban J connectivity index is 2.28. The molecule has 0 heterocycles. The van der Waals surface area contributed by atoms with Gasteiger partial charge in [0.25, 0.3) is 0 Å². The van der Waals surface area contributed by atoms with Crippen molar-refractivity contribution in [1.29, 1.82) is 0 Å². The molecule has 0 aromatic carbocycles. The molecule has 0 aliphatic heterocycles. The molecule has 1 fully saturated rings. The van der Waals surface area contributed by atoms with Crippen LogP contribution in [0.4, 0.5) is 0 Å². The molecule has 1 aliphatic rings. The zero-order valence-electron chi connectivity index (χ0n) is 13.5. The first-order valence-electron chi connectivity index (χ1n) is 7.69. The molecule has 6 heteroatoms. The Morgan fingerprint density at radius 2 is 1.86 bits per heavy atom. The van der Waals surface area contributed by atoms with Gasteiger partial charge in [-0.2, -0.15) is 0 Å². The highest BCUT2D eigenvalue weighted by molar-refractivity contribution is 5.82. The average molecular weight is 303 g/mol. The summed E-state index contributed by atoms with van der Waals surface area (Å²) in [5, 5.41) is 3.28. The second-order valence-electron chi connectivity index (χ2n) is 5.28. The van der Waals surface area contributed by atoms with Crippen molar-refractivity contribution in [3.05, 3.63) is 0 Å². The molecule has 0 spiro atoms. The molecule has 0 amide bonds. The van der Waals surface area contributed by atoms with E-state index in [-0.39, 0.29) is 5.97 Å². The van der Waals surface area contributed by atoms with Crippen LogP contribution in [0.1, 0.15) is 26.2 Å². The van der Waals surface area contributed by atoms with Crippen LogP contribution in [0.2, 0.25) is 0 Å². The van der Waals surface area contributed by atoms with E-state index in [0.29, 0.717) is 39.0 Å². The summed E-state index contributed by atoms with van der Waals surface area (Å²) in [5.74, 6) is 0.103. The van der Waals surface area contributed by atoms with Crippen LogP contribution in [0, 0.1) is 5.92 Å². The van der Waals surface area contributed by atoms with Gasteiger partial charge >= 0.3 is 5.97 Å². The van der Waals surface area contributed by atoms with E-state index in [2.05, 4.69) is 5.32 Å². The van der Waals surface area contributed by atoms with Gasteiger partial charge < -0.3 is 18.9 Å². The molecule has 124 valence electrons. The average Bonchev–Trinajstić information content (AvgIpc) is 3.33. The smallest absolute Gasteiger partial charge is 0.328 e. The van der Waals surface area contributed by atoms with Crippen molar-refractivity contribution in [1.82, 2.24) is 5.32 Å². The molecule has 1 rings (SSSR count). The monoisotopic (exact) mass is 303 g/mol. The van der Waals surface area contributed by atoms with Crippen molar-refractivity contribution in [2.24, 2.45) is 5.92 Å². The van der Waals surface area contributed by atoms with Crippen molar-refractivity contribution in [3.63, 3.8) is 0 Å². The van der Waals surface area contributed by atoms with Crippen LogP contribution < -0.4 is 5.32 Å². The lowest BCUT2D eigenvalue weighted by molar-refractivity contribution is -0.153. The number of methoxy groups -OCH3 is 2. The van der Waals surface area contributed by atoms with Gasteiger partial charge in [0, 0.05) is 20.3 Å². The summed E-state index contributed by atoms with van der Waals surface area (Å²) in [6.45, 7) is 5.48. The molecule has 1 unspecified atom stereocenters. The number of carbonyl (C=O) groups excluding carboxylic acids is 1. The summed E-state index contributed by atoms with van der Waals surface area (Å²) >= 11 is 0. The summed E-state index contributed by atoms with van der Waals surface area (Å²) in [5.41, 5.74) is -0.680. The van der Waals surface area contributed by atoms with Gasteiger partial charge in [-0.15, -0.1) is 0 Å². The van der Waals surface area contributed by atoms with Crippen LogP contribution in [0.5, 0.6) is 0 Å². The molecule has 0 bridgehead atoms. The minimum absolute atomic E-state index is 0.219. The van der Waals surface area contributed by atoms with Gasteiger partial charge in [0.05, 0.1) is 26.9 Å². The van der Waals surface area contributed by atoms with E-state index in [1.165, 1.54) is 7.11 Å². The minimum atomic E-state index is -0.680. The molecular formula is C15H29NO5. The van der Waals surface area contributed by atoms with E-state index in [1.54, 1.807) is 7.11 Å². The van der Waals surface area contributed by atoms with Crippen LogP contribution in [-0.4, -0.2) is 65.3 Å². The molecule has 1 saturated carbocycles. The third-order valence-electron chi connectivity index (χ3n) is 3.66. The van der Waals surface area contributed by atoms with Gasteiger partial charge in [-0.25, -0.2) is 4.79 Å². The van der Waals surface area contributed by atoms with Crippen LogP contribution in [0.25, 0.3) is 0 Å². The maximum Gasteiger partial charge on any atom is 0.328 e. The predicted molar refractivity (Wildman–Crippen MR) is 79.3 cm³/mol. The van der Waals surface area contributed by atoms with E-state index in [9.17, 15) is 4.79 Å². The molecule has 1 aliphatic carbocycles. The molecular weight excluding hydrogens is 274 g/mol. The highest BCUT2D eigenvalue weighted by Gasteiger charge is 2.51. The number of rotatable bonds is 13. The first-order chi connectivity index (χ1) is 10.2. The maximum atomic E-state index is 12.1. The molecule has 21 heavy (non-hydrogen) atoms. The van der Waals surface area contributed by atoms with Gasteiger partial charge in [-0.3, -0.25) is 5.32 Å². The van der Waals surface area contributed by atoms with Crippen molar-refractivity contribution >= 4 is 5.97 Å². The van der Waals surface area contributed by atoms with Crippen molar-refractivity contribution in [2.75, 3.05) is 53.8 Å². The first-order valence-corrected chi connectivity index (χ1v) is 7.69. The van der Waals surface area contributed by atoms with Crippen LogP contribution in [0.3, 0.4) is 0 Å². The molecule has 0 aromatic rings. The Morgan fingerprint density at radius 3 is 2.43 bits per heavy atom. The second kappa shape index (κ2) is 10.1. The quantitative estimate of drug-likeness (QED) is 0.404. The lowest BCUT2D eigenvalue weighted by atomic mass is 9.94. The zero-order chi connectivity index (χ0) is 15.6. The Bertz CT molecular complexity index is 296. The zero-order valence-corrected chi connectivity index (χ0v) is 13.5. The van der Waals surface area contributed by atoms with Gasteiger partial charge in [-0.1, -0.05) is 6.92 Å². The van der Waals surface area contributed by atoms with E-state index in [4.69, 9.17) is 18.9 Å². The molecule has 1 atom stereocenters. The first kappa shape index (κ1) is 18.4. The van der Waals surface area contributed by atoms with E-state index in [1.807, 2.05) is 6.92 Å². The summed E-state index contributed by atoms with van der Waals surface area (Å²) in [7, 11) is 3.08. The molecule has 6 nitrogen and oxygen atoms in total. The molecule has 0 saturated heterocycles. The maximum absolute atomic E-state index is 12.1. The van der Waals surface area contributed by atoms with Crippen LogP contribution >= 0.6 is 0 Å². The topological polar surface area (TPSA) is 66.0 Å². The van der Waals surface area contributed by atoms with Crippen molar-refractivity contribution in [2.45, 2.75) is 31.7 Å². The van der Waals surface area contributed by atoms with Crippen LogP contribution in [0.15, 0.2) is 0 Å². The predicted octanol–water partition coefficient (Wildman–Crippen LogP) is 0.987.